The van der Waals surface area contributed by atoms with E-state index in [1.54, 1.807) is 30.3 Å². The Balaban J connectivity index is 2.40. The van der Waals surface area contributed by atoms with Gasteiger partial charge in [0.05, 0.1) is 22.0 Å². The Kier molecular flexibility index (Phi) is 4.08. The van der Waals surface area contributed by atoms with Gasteiger partial charge in [0, 0.05) is 3.57 Å². The lowest BCUT2D eigenvalue weighted by molar-refractivity contribution is 0.0698. The molecule has 2 aromatic carbocycles. The maximum absolute atomic E-state index is 11.1. The molecule has 2 N–H and O–H groups in total. The van der Waals surface area contributed by atoms with Crippen molar-refractivity contribution >= 4 is 51.5 Å². The van der Waals surface area contributed by atoms with E-state index in [4.69, 9.17) is 16.7 Å². The van der Waals surface area contributed by atoms with Crippen LogP contribution in [0.25, 0.3) is 0 Å². The van der Waals surface area contributed by atoms with Crippen LogP contribution in [0, 0.1) is 3.57 Å². The molecule has 0 spiro atoms. The van der Waals surface area contributed by atoms with Crippen molar-refractivity contribution in [2.24, 2.45) is 0 Å². The Morgan fingerprint density at radius 2 is 1.89 bits per heavy atom. The number of anilines is 2. The molecule has 0 unspecified atom stereocenters. The van der Waals surface area contributed by atoms with Crippen molar-refractivity contribution in [3.8, 4) is 0 Å². The molecule has 0 saturated carbocycles. The number of para-hydroxylation sites is 1. The van der Waals surface area contributed by atoms with E-state index in [0.29, 0.717) is 16.4 Å². The normalized spacial score (nSPS) is 10.1. The summed E-state index contributed by atoms with van der Waals surface area (Å²) in [5, 5.41) is 12.7. The van der Waals surface area contributed by atoms with Crippen molar-refractivity contribution in [3.63, 3.8) is 0 Å². The summed E-state index contributed by atoms with van der Waals surface area (Å²) in [5.74, 6) is -0.972. The van der Waals surface area contributed by atoms with Crippen molar-refractivity contribution < 1.29 is 9.90 Å². The number of aromatic carboxylic acids is 1. The van der Waals surface area contributed by atoms with Gasteiger partial charge in [-0.05, 0) is 52.9 Å². The summed E-state index contributed by atoms with van der Waals surface area (Å²) in [6, 6.07) is 12.2. The highest BCUT2D eigenvalue weighted by Crippen LogP contribution is 2.28. The van der Waals surface area contributed by atoms with E-state index in [-0.39, 0.29) is 5.56 Å². The average molecular weight is 374 g/mol. The third-order valence-electron chi connectivity index (χ3n) is 2.36. The summed E-state index contributed by atoms with van der Waals surface area (Å²) in [4.78, 5) is 11.1. The van der Waals surface area contributed by atoms with Gasteiger partial charge >= 0.3 is 5.97 Å². The summed E-state index contributed by atoms with van der Waals surface area (Å²) in [7, 11) is 0. The summed E-state index contributed by atoms with van der Waals surface area (Å²) < 4.78 is 1.02. The van der Waals surface area contributed by atoms with Crippen molar-refractivity contribution in [2.45, 2.75) is 0 Å². The van der Waals surface area contributed by atoms with Crippen LogP contribution in [0.1, 0.15) is 10.4 Å². The van der Waals surface area contributed by atoms with E-state index in [0.717, 1.165) is 3.57 Å². The highest BCUT2D eigenvalue weighted by atomic mass is 127. The van der Waals surface area contributed by atoms with Crippen LogP contribution >= 0.6 is 34.2 Å². The van der Waals surface area contributed by atoms with Crippen LogP contribution < -0.4 is 5.32 Å². The number of rotatable bonds is 3. The zero-order valence-corrected chi connectivity index (χ0v) is 12.1. The second-order valence-electron chi connectivity index (χ2n) is 3.60. The van der Waals surface area contributed by atoms with Crippen molar-refractivity contribution in [2.75, 3.05) is 5.32 Å². The third kappa shape index (κ3) is 2.94. The molecule has 92 valence electrons. The van der Waals surface area contributed by atoms with Crippen LogP contribution in [0.5, 0.6) is 0 Å². The molecule has 0 radical (unpaired) electrons. The Morgan fingerprint density at radius 3 is 2.61 bits per heavy atom. The number of hydrogen-bond donors (Lipinski definition) is 2. The number of benzene rings is 2. The van der Waals surface area contributed by atoms with E-state index in [2.05, 4.69) is 27.9 Å². The fraction of sp³-hybridized carbons (Fsp3) is 0. The lowest BCUT2D eigenvalue weighted by atomic mass is 10.1. The van der Waals surface area contributed by atoms with Crippen LogP contribution in [-0.2, 0) is 0 Å². The number of carboxylic acids is 1. The number of halogens is 2. The first-order chi connectivity index (χ1) is 8.58. The molecule has 2 aromatic rings. The van der Waals surface area contributed by atoms with Crippen LogP contribution in [-0.4, -0.2) is 11.1 Å². The Morgan fingerprint density at radius 1 is 1.17 bits per heavy atom. The fourth-order valence-corrected chi connectivity index (χ4v) is 2.17. The average Bonchev–Trinajstić information content (AvgIpc) is 2.34. The summed E-state index contributed by atoms with van der Waals surface area (Å²) in [6.45, 7) is 0. The smallest absolute Gasteiger partial charge is 0.337 e. The molecular formula is C13H9ClINO2. The van der Waals surface area contributed by atoms with Crippen molar-refractivity contribution in [3.05, 3.63) is 56.6 Å². The first-order valence-electron chi connectivity index (χ1n) is 5.12. The first kappa shape index (κ1) is 13.2. The minimum Gasteiger partial charge on any atom is -0.478 e. The Bertz CT molecular complexity index is 601. The number of carbonyl (C=O) groups is 1. The van der Waals surface area contributed by atoms with E-state index < -0.39 is 5.97 Å². The van der Waals surface area contributed by atoms with Gasteiger partial charge < -0.3 is 10.4 Å². The fourth-order valence-electron chi connectivity index (χ4n) is 1.52. The van der Waals surface area contributed by atoms with Gasteiger partial charge in [0.2, 0.25) is 0 Å². The monoisotopic (exact) mass is 373 g/mol. The van der Waals surface area contributed by atoms with E-state index in [1.165, 1.54) is 0 Å². The molecule has 0 fully saturated rings. The number of carboxylic acid groups (broad SMARTS) is 1. The van der Waals surface area contributed by atoms with Gasteiger partial charge in [-0.1, -0.05) is 23.7 Å². The highest BCUT2D eigenvalue weighted by molar-refractivity contribution is 14.1. The van der Waals surface area contributed by atoms with Gasteiger partial charge in [0.25, 0.3) is 0 Å². The van der Waals surface area contributed by atoms with Gasteiger partial charge in [-0.2, -0.15) is 0 Å². The predicted octanol–water partition coefficient (Wildman–Crippen LogP) is 4.39. The third-order valence-corrected chi connectivity index (χ3v) is 3.36. The Hall–Kier alpha value is -1.27. The summed E-state index contributed by atoms with van der Waals surface area (Å²) in [6.07, 6.45) is 0. The Labute approximate surface area is 123 Å². The lowest BCUT2D eigenvalue weighted by Gasteiger charge is -2.11. The zero-order valence-electron chi connectivity index (χ0n) is 9.15. The molecule has 0 bridgehead atoms. The van der Waals surface area contributed by atoms with Crippen molar-refractivity contribution in [1.29, 1.82) is 0 Å². The topological polar surface area (TPSA) is 49.3 Å². The molecule has 5 heteroatoms. The molecule has 0 aliphatic carbocycles. The first-order valence-corrected chi connectivity index (χ1v) is 6.58. The molecule has 0 aliphatic rings. The molecule has 0 amide bonds. The zero-order chi connectivity index (χ0) is 13.1. The highest BCUT2D eigenvalue weighted by Gasteiger charge is 2.10. The predicted molar refractivity (Wildman–Crippen MR) is 80.9 cm³/mol. The second-order valence-corrected chi connectivity index (χ2v) is 5.25. The summed E-state index contributed by atoms with van der Waals surface area (Å²) >= 11 is 8.24. The SMILES string of the molecule is O=C(O)c1ccccc1Nc1cc(I)ccc1Cl. The maximum atomic E-state index is 11.1. The second kappa shape index (κ2) is 5.58. The van der Waals surface area contributed by atoms with E-state index in [9.17, 15) is 4.79 Å². The molecule has 18 heavy (non-hydrogen) atoms. The minimum absolute atomic E-state index is 0.215. The van der Waals surface area contributed by atoms with E-state index in [1.807, 2.05) is 12.1 Å². The van der Waals surface area contributed by atoms with Gasteiger partial charge in [0.15, 0.2) is 0 Å². The quantitative estimate of drug-likeness (QED) is 0.785. The van der Waals surface area contributed by atoms with Crippen LogP contribution in [0.4, 0.5) is 11.4 Å². The van der Waals surface area contributed by atoms with Gasteiger partial charge in [-0.15, -0.1) is 0 Å². The maximum Gasteiger partial charge on any atom is 0.337 e. The minimum atomic E-state index is -0.972. The van der Waals surface area contributed by atoms with Gasteiger partial charge in [-0.25, -0.2) is 4.79 Å². The van der Waals surface area contributed by atoms with Gasteiger partial charge in [-0.3, -0.25) is 0 Å². The molecule has 3 nitrogen and oxygen atoms in total. The van der Waals surface area contributed by atoms with Crippen LogP contribution in [0.15, 0.2) is 42.5 Å². The standard InChI is InChI=1S/C13H9ClINO2/c14-10-6-5-8(15)7-12(10)16-11-4-2-1-3-9(11)13(17)18/h1-7,16H,(H,17,18). The molecule has 0 heterocycles. The van der Waals surface area contributed by atoms with Crippen molar-refractivity contribution in [1.82, 2.24) is 0 Å². The molecule has 0 aliphatic heterocycles. The largest absolute Gasteiger partial charge is 0.478 e. The molecular weight excluding hydrogens is 365 g/mol. The molecule has 2 rings (SSSR count). The molecule has 0 saturated heterocycles. The number of nitrogens with one attached hydrogen (secondary N) is 1. The number of hydrogen-bond acceptors (Lipinski definition) is 2. The van der Waals surface area contributed by atoms with Gasteiger partial charge in [0.1, 0.15) is 0 Å². The van der Waals surface area contributed by atoms with Crippen LogP contribution in [0.3, 0.4) is 0 Å². The van der Waals surface area contributed by atoms with Crippen LogP contribution in [0.2, 0.25) is 5.02 Å². The summed E-state index contributed by atoms with van der Waals surface area (Å²) in [5.41, 5.74) is 1.43. The lowest BCUT2D eigenvalue weighted by Crippen LogP contribution is -2.02. The molecule has 0 aromatic heterocycles. The van der Waals surface area contributed by atoms with E-state index >= 15 is 0 Å². The molecule has 0 atom stereocenters.